The van der Waals surface area contributed by atoms with Crippen molar-refractivity contribution in [2.45, 2.75) is 39.0 Å². The summed E-state index contributed by atoms with van der Waals surface area (Å²) in [5, 5.41) is 15.6. The van der Waals surface area contributed by atoms with Crippen LogP contribution < -0.4 is 24.8 Å². The highest BCUT2D eigenvalue weighted by atomic mass is 16.7. The normalized spacial score (nSPS) is 18.8. The fourth-order valence-electron chi connectivity index (χ4n) is 5.26. The smallest absolute Gasteiger partial charge is 0.323 e. The van der Waals surface area contributed by atoms with Gasteiger partial charge < -0.3 is 34.9 Å². The Morgan fingerprint density at radius 3 is 2.55 bits per heavy atom. The van der Waals surface area contributed by atoms with E-state index in [2.05, 4.69) is 22.5 Å². The average Bonchev–Trinajstić information content (AvgIpc) is 3.45. The number of rotatable bonds is 8. The van der Waals surface area contributed by atoms with Crippen LogP contribution in [-0.2, 0) is 17.8 Å². The number of para-hydroxylation sites is 1. The third kappa shape index (κ3) is 7.13. The van der Waals surface area contributed by atoms with Crippen LogP contribution in [0.1, 0.15) is 25.0 Å². The highest BCUT2D eigenvalue weighted by molar-refractivity contribution is 5.99. The van der Waals surface area contributed by atoms with E-state index in [0.29, 0.717) is 42.3 Å². The third-order valence-electron chi connectivity index (χ3n) is 7.59. The second kappa shape index (κ2) is 13.1. The Kier molecular flexibility index (Phi) is 9.14. The third-order valence-corrected chi connectivity index (χ3v) is 7.59. The molecule has 2 aliphatic heterocycles. The lowest BCUT2D eigenvalue weighted by atomic mass is 10.0. The molecule has 5 rings (SSSR count). The average molecular weight is 575 g/mol. The summed E-state index contributed by atoms with van der Waals surface area (Å²) in [5.41, 5.74) is 2.98. The zero-order chi connectivity index (χ0) is 29.6. The van der Waals surface area contributed by atoms with Crippen LogP contribution >= 0.6 is 0 Å². The predicted octanol–water partition coefficient (Wildman–Crippen LogP) is 4.34. The van der Waals surface area contributed by atoms with Crippen LogP contribution in [0.15, 0.2) is 66.7 Å². The van der Waals surface area contributed by atoms with E-state index in [9.17, 15) is 14.7 Å². The molecule has 0 saturated carbocycles. The molecule has 0 aromatic heterocycles. The monoisotopic (exact) mass is 574 g/mol. The number of amides is 3. The molecule has 0 saturated heterocycles. The van der Waals surface area contributed by atoms with Crippen molar-refractivity contribution in [2.75, 3.05) is 44.2 Å². The molecule has 10 heteroatoms. The minimum absolute atomic E-state index is 0.0254. The Morgan fingerprint density at radius 1 is 1.02 bits per heavy atom. The van der Waals surface area contributed by atoms with Crippen LogP contribution in [0.3, 0.4) is 0 Å². The molecule has 42 heavy (non-hydrogen) atoms. The maximum absolute atomic E-state index is 13.5. The van der Waals surface area contributed by atoms with Crippen LogP contribution in [0.25, 0.3) is 0 Å². The number of hydrogen-bond donors (Lipinski definition) is 3. The summed E-state index contributed by atoms with van der Waals surface area (Å²) in [5.74, 6) is 1.97. The number of nitrogens with zero attached hydrogens (tertiary/aromatic N) is 2. The maximum atomic E-state index is 13.5. The van der Waals surface area contributed by atoms with Gasteiger partial charge in [0.25, 0.3) is 0 Å². The van der Waals surface area contributed by atoms with E-state index < -0.39 is 0 Å². The largest absolute Gasteiger partial charge is 0.488 e. The number of nitrogens with one attached hydrogen (secondary N) is 2. The molecule has 3 amide bonds. The quantitative estimate of drug-likeness (QED) is 0.367. The summed E-state index contributed by atoms with van der Waals surface area (Å²) < 4.78 is 17.6. The Labute approximate surface area is 246 Å². The highest BCUT2D eigenvalue weighted by Crippen LogP contribution is 2.33. The van der Waals surface area contributed by atoms with Gasteiger partial charge in [0.15, 0.2) is 11.5 Å². The Hall–Kier alpha value is -4.28. The molecular weight excluding hydrogens is 536 g/mol. The predicted molar refractivity (Wildman–Crippen MR) is 160 cm³/mol. The fraction of sp³-hybridized carbons (Fsp3) is 0.375. The molecule has 3 aromatic rings. The van der Waals surface area contributed by atoms with Crippen LogP contribution in [0.4, 0.5) is 16.2 Å². The minimum Gasteiger partial charge on any atom is -0.488 e. The van der Waals surface area contributed by atoms with Gasteiger partial charge in [-0.2, -0.15) is 0 Å². The molecule has 0 aliphatic carbocycles. The second-order valence-corrected chi connectivity index (χ2v) is 11.0. The molecule has 0 radical (unpaired) electrons. The lowest BCUT2D eigenvalue weighted by molar-refractivity contribution is -0.134. The topological polar surface area (TPSA) is 113 Å². The summed E-state index contributed by atoms with van der Waals surface area (Å²) >= 11 is 0. The number of benzene rings is 3. The number of anilines is 2. The van der Waals surface area contributed by atoms with E-state index in [0.717, 1.165) is 17.1 Å². The van der Waals surface area contributed by atoms with Crippen molar-refractivity contribution in [2.24, 2.45) is 5.92 Å². The first-order valence-corrected chi connectivity index (χ1v) is 14.2. The molecule has 222 valence electrons. The lowest BCUT2D eigenvalue weighted by Crippen LogP contribution is -2.47. The van der Waals surface area contributed by atoms with Crippen LogP contribution in [0.5, 0.6) is 17.2 Å². The lowest BCUT2D eigenvalue weighted by Gasteiger charge is -2.34. The van der Waals surface area contributed by atoms with Gasteiger partial charge in [0.05, 0.1) is 19.1 Å². The van der Waals surface area contributed by atoms with Gasteiger partial charge in [-0.05, 0) is 62.0 Å². The molecule has 0 spiro atoms. The first kappa shape index (κ1) is 29.2. The van der Waals surface area contributed by atoms with Crippen molar-refractivity contribution >= 4 is 23.3 Å². The Bertz CT molecular complexity index is 1400. The van der Waals surface area contributed by atoms with Gasteiger partial charge in [-0.1, -0.05) is 31.2 Å². The van der Waals surface area contributed by atoms with Crippen molar-refractivity contribution in [1.82, 2.24) is 9.80 Å². The van der Waals surface area contributed by atoms with Gasteiger partial charge in [-0.3, -0.25) is 9.69 Å². The molecule has 2 aliphatic rings. The number of hydrogen-bond acceptors (Lipinski definition) is 7. The zero-order valence-corrected chi connectivity index (χ0v) is 24.2. The molecular formula is C32H38N4O6. The van der Waals surface area contributed by atoms with E-state index in [1.165, 1.54) is 0 Å². The van der Waals surface area contributed by atoms with Crippen molar-refractivity contribution in [3.05, 3.63) is 77.9 Å². The van der Waals surface area contributed by atoms with E-state index in [1.807, 2.05) is 56.4 Å². The van der Waals surface area contributed by atoms with Gasteiger partial charge in [0.1, 0.15) is 11.9 Å². The van der Waals surface area contributed by atoms with Crippen LogP contribution in [0, 0.1) is 5.92 Å². The zero-order valence-electron chi connectivity index (χ0n) is 24.2. The number of aliphatic hydroxyl groups excluding tert-OH is 1. The fourth-order valence-corrected chi connectivity index (χ4v) is 5.26. The molecule has 0 unspecified atom stereocenters. The van der Waals surface area contributed by atoms with Crippen molar-refractivity contribution in [3.8, 4) is 17.2 Å². The van der Waals surface area contributed by atoms with Gasteiger partial charge in [-0.15, -0.1) is 0 Å². The summed E-state index contributed by atoms with van der Waals surface area (Å²) in [7, 11) is 2.03. The van der Waals surface area contributed by atoms with Gasteiger partial charge in [-0.25, -0.2) is 4.79 Å². The number of carbonyl (C=O) groups is 2. The van der Waals surface area contributed by atoms with Gasteiger partial charge >= 0.3 is 6.03 Å². The summed E-state index contributed by atoms with van der Waals surface area (Å²) in [6.07, 6.45) is -0.163. The van der Waals surface area contributed by atoms with Crippen molar-refractivity contribution in [1.29, 1.82) is 0 Å². The Balaban J connectivity index is 1.35. The number of ether oxygens (including phenoxy) is 3. The minimum atomic E-state index is -0.386. The molecule has 2 heterocycles. The summed E-state index contributed by atoms with van der Waals surface area (Å²) in [6.45, 7) is 5.73. The molecule has 3 N–H and O–H groups in total. The number of urea groups is 1. The molecule has 3 aromatic carbocycles. The molecule has 0 bridgehead atoms. The summed E-state index contributed by atoms with van der Waals surface area (Å²) in [6, 6.07) is 19.8. The van der Waals surface area contributed by atoms with E-state index >= 15 is 0 Å². The molecule has 0 fully saturated rings. The molecule has 10 nitrogen and oxygen atoms in total. The van der Waals surface area contributed by atoms with Crippen LogP contribution in [-0.4, -0.2) is 72.5 Å². The van der Waals surface area contributed by atoms with E-state index in [1.54, 1.807) is 29.2 Å². The number of fused-ring (bicyclic) bond motifs is 2. The number of likely N-dealkylation sites (N-methyl/N-ethyl adjacent to an activating group) is 1. The van der Waals surface area contributed by atoms with Crippen molar-refractivity contribution < 1.29 is 28.9 Å². The number of aliphatic hydroxyl groups is 1. The van der Waals surface area contributed by atoms with E-state index in [4.69, 9.17) is 14.2 Å². The van der Waals surface area contributed by atoms with Crippen molar-refractivity contribution in [3.63, 3.8) is 0 Å². The first-order chi connectivity index (χ1) is 20.3. The molecule has 3 atom stereocenters. The standard InChI is InChI=1S/C32H38N4O6/c1-21-16-36(22(2)19-37)31(38)15-24-14-26(34-32(39)33-25-7-5-4-6-8-25)10-12-27(24)42-30(21)18-35(3)17-23-9-11-28-29(13-23)41-20-40-28/h4-14,21-22,30,37H,15-20H2,1-3H3,(H2,33,34,39)/t21-,22+,30-/m1/s1. The number of carbonyl (C=O) groups excluding carboxylic acids is 2. The van der Waals surface area contributed by atoms with Gasteiger partial charge in [0, 0.05) is 42.5 Å². The first-order valence-electron chi connectivity index (χ1n) is 14.2. The van der Waals surface area contributed by atoms with Gasteiger partial charge in [0.2, 0.25) is 12.7 Å². The Morgan fingerprint density at radius 2 is 1.76 bits per heavy atom. The second-order valence-electron chi connectivity index (χ2n) is 11.0. The van der Waals surface area contributed by atoms with Crippen LogP contribution in [0.2, 0.25) is 0 Å². The summed E-state index contributed by atoms with van der Waals surface area (Å²) in [4.78, 5) is 30.0. The maximum Gasteiger partial charge on any atom is 0.323 e. The highest BCUT2D eigenvalue weighted by Gasteiger charge is 2.31. The SMILES string of the molecule is C[C@@H]1CN([C@@H](C)CO)C(=O)Cc2cc(NC(=O)Nc3ccccc3)ccc2O[C@@H]1CN(C)Cc1ccc2c(c1)OCO2. The van der Waals surface area contributed by atoms with E-state index in [-0.39, 0.29) is 49.8 Å².